The highest BCUT2D eigenvalue weighted by molar-refractivity contribution is 4.83. The second kappa shape index (κ2) is 11.2. The zero-order valence-electron chi connectivity index (χ0n) is 18.0. The number of aliphatic hydroxyl groups excluding tert-OH is 2. The van der Waals surface area contributed by atoms with Gasteiger partial charge < -0.3 is 24.6 Å². The van der Waals surface area contributed by atoms with Gasteiger partial charge in [-0.05, 0) is 43.4 Å². The normalized spacial score (nSPS) is 31.9. The minimum Gasteiger partial charge on any atom is -0.396 e. The first-order valence-electron chi connectivity index (χ1n) is 11.5. The molecule has 2 aliphatic heterocycles. The highest BCUT2D eigenvalue weighted by Crippen LogP contribution is 2.31. The molecule has 0 spiro atoms. The van der Waals surface area contributed by atoms with Crippen molar-refractivity contribution in [2.45, 2.75) is 64.3 Å². The van der Waals surface area contributed by atoms with E-state index in [0.717, 1.165) is 70.7 Å². The molecule has 6 nitrogen and oxygen atoms in total. The lowest BCUT2D eigenvalue weighted by molar-refractivity contribution is 0.0788. The van der Waals surface area contributed by atoms with Gasteiger partial charge in [0.15, 0.2) is 0 Å². The highest BCUT2D eigenvalue weighted by atomic mass is 16.6. The van der Waals surface area contributed by atoms with Crippen molar-refractivity contribution >= 4 is 0 Å². The van der Waals surface area contributed by atoms with Gasteiger partial charge in [0.05, 0.1) is 31.5 Å². The molecule has 3 aliphatic rings. The second-order valence-electron chi connectivity index (χ2n) is 9.60. The van der Waals surface area contributed by atoms with Gasteiger partial charge >= 0.3 is 0 Å². The zero-order chi connectivity index (χ0) is 19.9. The van der Waals surface area contributed by atoms with Crippen molar-refractivity contribution in [3.05, 3.63) is 0 Å². The van der Waals surface area contributed by atoms with Gasteiger partial charge in [0.25, 0.3) is 0 Å². The molecule has 0 bridgehead atoms. The fourth-order valence-electron chi connectivity index (χ4n) is 4.76. The molecule has 0 radical (unpaired) electrons. The quantitative estimate of drug-likeness (QED) is 0.433. The van der Waals surface area contributed by atoms with Gasteiger partial charge in [-0.15, -0.1) is 0 Å². The fraction of sp³-hybridized carbons (Fsp3) is 1.00. The minimum atomic E-state index is -0.229. The van der Waals surface area contributed by atoms with Crippen LogP contribution in [-0.4, -0.2) is 97.4 Å². The third-order valence-electron chi connectivity index (χ3n) is 6.47. The molecule has 0 aromatic rings. The van der Waals surface area contributed by atoms with E-state index in [0.29, 0.717) is 18.1 Å². The largest absolute Gasteiger partial charge is 0.396 e. The van der Waals surface area contributed by atoms with Crippen molar-refractivity contribution in [3.8, 4) is 0 Å². The first-order chi connectivity index (χ1) is 13.6. The van der Waals surface area contributed by atoms with E-state index in [1.165, 1.54) is 25.7 Å². The lowest BCUT2D eigenvalue weighted by Gasteiger charge is -2.36. The van der Waals surface area contributed by atoms with Gasteiger partial charge in [0.1, 0.15) is 0 Å². The summed E-state index contributed by atoms with van der Waals surface area (Å²) in [7, 11) is 0. The minimum absolute atomic E-state index is 0.229. The summed E-state index contributed by atoms with van der Waals surface area (Å²) in [6.07, 6.45) is 6.59. The molecule has 2 N–H and O–H groups in total. The Morgan fingerprint density at radius 2 is 1.46 bits per heavy atom. The predicted octanol–water partition coefficient (Wildman–Crippen LogP) is 1.59. The number of hydrogen-bond donors (Lipinski definition) is 2. The van der Waals surface area contributed by atoms with E-state index >= 15 is 0 Å². The van der Waals surface area contributed by atoms with Crippen molar-refractivity contribution in [2.75, 3.05) is 59.1 Å². The van der Waals surface area contributed by atoms with Crippen LogP contribution in [0.2, 0.25) is 0 Å². The van der Waals surface area contributed by atoms with E-state index in [-0.39, 0.29) is 12.7 Å². The van der Waals surface area contributed by atoms with Crippen LogP contribution in [0.15, 0.2) is 0 Å². The van der Waals surface area contributed by atoms with Crippen LogP contribution in [0.25, 0.3) is 0 Å². The molecular formula is C22H42N2O4. The van der Waals surface area contributed by atoms with Crippen molar-refractivity contribution < 1.29 is 19.7 Å². The molecule has 1 saturated carbocycles. The standard InChI is InChI=1S/C22H42N2O4/c1-3-20(26)11-24(13-22-16-28-22)10-19-6-4-5-18(7-19)9-23(8-17(2)14-25)12-21-15-27-21/h17-22,25-26H,3-16H2,1-2H3. The Hall–Kier alpha value is -0.240. The van der Waals surface area contributed by atoms with Crippen molar-refractivity contribution in [1.29, 1.82) is 0 Å². The summed E-state index contributed by atoms with van der Waals surface area (Å²) in [5.74, 6) is 1.78. The lowest BCUT2D eigenvalue weighted by atomic mass is 9.80. The van der Waals surface area contributed by atoms with Gasteiger partial charge in [-0.2, -0.15) is 0 Å². The van der Waals surface area contributed by atoms with E-state index in [1.54, 1.807) is 0 Å². The lowest BCUT2D eigenvalue weighted by Crippen LogP contribution is -2.41. The summed E-state index contributed by atoms with van der Waals surface area (Å²) in [6.45, 7) is 12.2. The van der Waals surface area contributed by atoms with E-state index in [4.69, 9.17) is 9.47 Å². The van der Waals surface area contributed by atoms with Gasteiger partial charge in [0, 0.05) is 45.9 Å². The van der Waals surface area contributed by atoms with Crippen molar-refractivity contribution in [1.82, 2.24) is 9.80 Å². The number of epoxide rings is 2. The molecule has 6 unspecified atom stereocenters. The molecule has 1 aliphatic carbocycles. The predicted molar refractivity (Wildman–Crippen MR) is 110 cm³/mol. The molecule has 2 saturated heterocycles. The van der Waals surface area contributed by atoms with Crippen molar-refractivity contribution in [3.63, 3.8) is 0 Å². The van der Waals surface area contributed by atoms with Crippen LogP contribution in [0.5, 0.6) is 0 Å². The van der Waals surface area contributed by atoms with Gasteiger partial charge in [0.2, 0.25) is 0 Å². The molecule has 2 heterocycles. The SMILES string of the molecule is CCC(O)CN(CC1CCCC(CN(CC(C)CO)CC2CO2)C1)CC1CO1. The molecule has 0 aromatic carbocycles. The van der Waals surface area contributed by atoms with Crippen LogP contribution in [0, 0.1) is 17.8 Å². The van der Waals surface area contributed by atoms with E-state index < -0.39 is 0 Å². The van der Waals surface area contributed by atoms with E-state index in [2.05, 4.69) is 23.6 Å². The average Bonchev–Trinajstić information content (AvgIpc) is 3.58. The molecule has 0 amide bonds. The summed E-state index contributed by atoms with van der Waals surface area (Å²) in [5, 5.41) is 19.6. The molecule has 3 fully saturated rings. The van der Waals surface area contributed by atoms with E-state index in [9.17, 15) is 10.2 Å². The maximum atomic E-state index is 10.1. The van der Waals surface area contributed by atoms with Crippen LogP contribution >= 0.6 is 0 Å². The number of aliphatic hydroxyl groups is 2. The zero-order valence-corrected chi connectivity index (χ0v) is 18.0. The Balaban J connectivity index is 1.47. The maximum Gasteiger partial charge on any atom is 0.0936 e. The Kier molecular flexibility index (Phi) is 9.00. The number of nitrogens with zero attached hydrogens (tertiary/aromatic N) is 2. The van der Waals surface area contributed by atoms with Crippen LogP contribution in [0.4, 0.5) is 0 Å². The van der Waals surface area contributed by atoms with Gasteiger partial charge in [-0.25, -0.2) is 0 Å². The Labute approximate surface area is 171 Å². The monoisotopic (exact) mass is 398 g/mol. The van der Waals surface area contributed by atoms with Crippen LogP contribution < -0.4 is 0 Å². The first kappa shape index (κ1) is 22.4. The molecule has 0 aromatic heterocycles. The summed E-state index contributed by atoms with van der Waals surface area (Å²) in [4.78, 5) is 4.98. The van der Waals surface area contributed by atoms with Crippen LogP contribution in [0.1, 0.15) is 46.0 Å². The fourth-order valence-corrected chi connectivity index (χ4v) is 4.76. The van der Waals surface area contributed by atoms with Gasteiger partial charge in [-0.3, -0.25) is 4.90 Å². The summed E-state index contributed by atoms with van der Waals surface area (Å²) >= 11 is 0. The molecule has 28 heavy (non-hydrogen) atoms. The molecule has 3 rings (SSSR count). The molecular weight excluding hydrogens is 356 g/mol. The van der Waals surface area contributed by atoms with Gasteiger partial charge in [-0.1, -0.05) is 20.3 Å². The number of rotatable bonds is 14. The first-order valence-corrected chi connectivity index (χ1v) is 11.5. The number of ether oxygens (including phenoxy) is 2. The van der Waals surface area contributed by atoms with Crippen LogP contribution in [-0.2, 0) is 9.47 Å². The molecule has 164 valence electrons. The average molecular weight is 399 g/mol. The second-order valence-corrected chi connectivity index (χ2v) is 9.60. The summed E-state index contributed by atoms with van der Waals surface area (Å²) < 4.78 is 10.9. The Bertz CT molecular complexity index is 406. The van der Waals surface area contributed by atoms with Crippen LogP contribution in [0.3, 0.4) is 0 Å². The highest BCUT2D eigenvalue weighted by Gasteiger charge is 2.31. The Morgan fingerprint density at radius 1 is 0.929 bits per heavy atom. The summed E-state index contributed by atoms with van der Waals surface area (Å²) in [6, 6.07) is 0. The molecule has 6 atom stereocenters. The van der Waals surface area contributed by atoms with E-state index in [1.807, 2.05) is 0 Å². The summed E-state index contributed by atoms with van der Waals surface area (Å²) in [5.41, 5.74) is 0. The Morgan fingerprint density at radius 3 is 1.93 bits per heavy atom. The number of hydrogen-bond acceptors (Lipinski definition) is 6. The van der Waals surface area contributed by atoms with Crippen molar-refractivity contribution in [2.24, 2.45) is 17.8 Å². The third kappa shape index (κ3) is 8.25. The topological polar surface area (TPSA) is 72.0 Å². The molecule has 6 heteroatoms. The third-order valence-corrected chi connectivity index (χ3v) is 6.47. The smallest absolute Gasteiger partial charge is 0.0936 e. The maximum absolute atomic E-state index is 10.1.